The van der Waals surface area contributed by atoms with Crippen LogP contribution in [0.4, 0.5) is 17.3 Å². The van der Waals surface area contributed by atoms with Crippen molar-refractivity contribution in [3.63, 3.8) is 0 Å². The van der Waals surface area contributed by atoms with E-state index < -0.39 is 0 Å². The van der Waals surface area contributed by atoms with Crippen LogP contribution in [0.1, 0.15) is 29.8 Å². The lowest BCUT2D eigenvalue weighted by atomic mass is 10.2. The maximum atomic E-state index is 12.5. The molecular weight excluding hydrogens is 340 g/mol. The zero-order chi connectivity index (χ0) is 19.2. The van der Waals surface area contributed by atoms with Crippen molar-refractivity contribution in [2.24, 2.45) is 0 Å². The fourth-order valence-corrected chi connectivity index (χ4v) is 2.48. The highest BCUT2D eigenvalue weighted by Crippen LogP contribution is 2.25. The van der Waals surface area contributed by atoms with E-state index in [9.17, 15) is 4.79 Å². The fraction of sp³-hybridized carbons (Fsp3) is 0.190. The molecule has 0 aliphatic rings. The number of aromatic nitrogens is 2. The lowest BCUT2D eigenvalue weighted by Crippen LogP contribution is -2.15. The smallest absolute Gasteiger partial charge is 0.258 e. The first-order valence-corrected chi connectivity index (χ1v) is 8.74. The molecular formula is C21H22N4O2. The third-order valence-electron chi connectivity index (χ3n) is 3.69. The SMILES string of the molecule is Cc1cccc(Nc2ncc(C(=O)Nc3ccccc3OC(C)C)cn2)c1. The Labute approximate surface area is 158 Å². The molecule has 0 atom stereocenters. The molecule has 3 aromatic rings. The van der Waals surface area contributed by atoms with Gasteiger partial charge in [0.1, 0.15) is 5.75 Å². The predicted octanol–water partition coefficient (Wildman–Crippen LogP) is 4.57. The number of nitrogens with zero attached hydrogens (tertiary/aromatic N) is 2. The Kier molecular flexibility index (Phi) is 5.66. The molecule has 0 spiro atoms. The summed E-state index contributed by atoms with van der Waals surface area (Å²) in [4.78, 5) is 20.9. The highest BCUT2D eigenvalue weighted by Gasteiger charge is 2.12. The quantitative estimate of drug-likeness (QED) is 0.672. The van der Waals surface area contributed by atoms with Crippen LogP contribution >= 0.6 is 0 Å². The number of para-hydroxylation sites is 2. The summed E-state index contributed by atoms with van der Waals surface area (Å²) in [5.41, 5.74) is 3.01. The molecule has 0 unspecified atom stereocenters. The molecule has 27 heavy (non-hydrogen) atoms. The minimum Gasteiger partial charge on any atom is -0.489 e. The number of carbonyl (C=O) groups is 1. The van der Waals surface area contributed by atoms with E-state index >= 15 is 0 Å². The van der Waals surface area contributed by atoms with Gasteiger partial charge in [-0.1, -0.05) is 24.3 Å². The molecule has 0 saturated carbocycles. The maximum Gasteiger partial charge on any atom is 0.258 e. The van der Waals surface area contributed by atoms with Crippen molar-refractivity contribution in [1.29, 1.82) is 0 Å². The van der Waals surface area contributed by atoms with Crippen LogP contribution in [0.15, 0.2) is 60.9 Å². The molecule has 6 nitrogen and oxygen atoms in total. The molecule has 0 fully saturated rings. The van der Waals surface area contributed by atoms with Crippen LogP contribution in [-0.2, 0) is 0 Å². The molecule has 0 saturated heterocycles. The topological polar surface area (TPSA) is 76.1 Å². The zero-order valence-electron chi connectivity index (χ0n) is 15.6. The van der Waals surface area contributed by atoms with Crippen LogP contribution in [0.2, 0.25) is 0 Å². The third kappa shape index (κ3) is 5.04. The standard InChI is InChI=1S/C21H22N4O2/c1-14(2)27-19-10-5-4-9-18(19)25-20(26)16-12-22-21(23-13-16)24-17-8-6-7-15(3)11-17/h4-14H,1-3H3,(H,25,26)(H,22,23,24). The lowest BCUT2D eigenvalue weighted by Gasteiger charge is -2.14. The van der Waals surface area contributed by atoms with Crippen molar-refractivity contribution < 1.29 is 9.53 Å². The number of amides is 1. The van der Waals surface area contributed by atoms with Gasteiger partial charge in [-0.2, -0.15) is 0 Å². The van der Waals surface area contributed by atoms with Crippen molar-refractivity contribution in [3.8, 4) is 5.75 Å². The summed E-state index contributed by atoms with van der Waals surface area (Å²) in [5.74, 6) is 0.761. The van der Waals surface area contributed by atoms with Gasteiger partial charge >= 0.3 is 0 Å². The minimum absolute atomic E-state index is 0.0124. The molecule has 1 aromatic heterocycles. The molecule has 0 aliphatic heterocycles. The van der Waals surface area contributed by atoms with E-state index in [1.165, 1.54) is 12.4 Å². The normalized spacial score (nSPS) is 10.5. The summed E-state index contributed by atoms with van der Waals surface area (Å²) < 4.78 is 5.72. The molecule has 138 valence electrons. The van der Waals surface area contributed by atoms with Gasteiger partial charge in [0.2, 0.25) is 5.95 Å². The average molecular weight is 362 g/mol. The molecule has 0 bridgehead atoms. The Morgan fingerprint density at radius 2 is 1.78 bits per heavy atom. The van der Waals surface area contributed by atoms with Crippen molar-refractivity contribution in [2.75, 3.05) is 10.6 Å². The summed E-state index contributed by atoms with van der Waals surface area (Å²) in [6.07, 6.45) is 3.00. The van der Waals surface area contributed by atoms with Crippen LogP contribution in [0.25, 0.3) is 0 Å². The summed E-state index contributed by atoms with van der Waals surface area (Å²) in [5, 5.41) is 5.96. The molecule has 6 heteroatoms. The number of carbonyl (C=O) groups excluding carboxylic acids is 1. The van der Waals surface area contributed by atoms with Crippen LogP contribution in [0.3, 0.4) is 0 Å². The number of benzene rings is 2. The first-order valence-electron chi connectivity index (χ1n) is 8.74. The van der Waals surface area contributed by atoms with Crippen molar-refractivity contribution >= 4 is 23.2 Å². The van der Waals surface area contributed by atoms with Gasteiger partial charge < -0.3 is 15.4 Å². The molecule has 1 amide bonds. The monoisotopic (exact) mass is 362 g/mol. The van der Waals surface area contributed by atoms with Gasteiger partial charge in [0.15, 0.2) is 0 Å². The van der Waals surface area contributed by atoms with Gasteiger partial charge in [-0.15, -0.1) is 0 Å². The van der Waals surface area contributed by atoms with Crippen LogP contribution in [0.5, 0.6) is 5.75 Å². The number of ether oxygens (including phenoxy) is 1. The van der Waals surface area contributed by atoms with Crippen LogP contribution < -0.4 is 15.4 Å². The van der Waals surface area contributed by atoms with Crippen molar-refractivity contribution in [2.45, 2.75) is 26.9 Å². The highest BCUT2D eigenvalue weighted by molar-refractivity contribution is 6.04. The maximum absolute atomic E-state index is 12.5. The largest absolute Gasteiger partial charge is 0.489 e. The Bertz CT molecular complexity index is 923. The van der Waals surface area contributed by atoms with E-state index in [2.05, 4.69) is 20.6 Å². The van der Waals surface area contributed by atoms with Crippen LogP contribution in [0, 0.1) is 6.92 Å². The molecule has 2 N–H and O–H groups in total. The molecule has 3 rings (SSSR count). The summed E-state index contributed by atoms with van der Waals surface area (Å²) >= 11 is 0. The number of hydrogen-bond donors (Lipinski definition) is 2. The Balaban J connectivity index is 1.69. The van der Waals surface area contributed by atoms with Crippen molar-refractivity contribution in [3.05, 3.63) is 72.1 Å². The molecule has 0 aliphatic carbocycles. The lowest BCUT2D eigenvalue weighted by molar-refractivity contribution is 0.102. The van der Waals surface area contributed by atoms with Gasteiger partial charge in [0, 0.05) is 18.1 Å². The Morgan fingerprint density at radius 3 is 2.48 bits per heavy atom. The number of aryl methyl sites for hydroxylation is 1. The summed E-state index contributed by atoms with van der Waals surface area (Å²) in [7, 11) is 0. The van der Waals surface area contributed by atoms with E-state index in [-0.39, 0.29) is 12.0 Å². The number of hydrogen-bond acceptors (Lipinski definition) is 5. The predicted molar refractivity (Wildman–Crippen MR) is 107 cm³/mol. The van der Waals surface area contributed by atoms with Gasteiger partial charge in [-0.05, 0) is 50.6 Å². The fourth-order valence-electron chi connectivity index (χ4n) is 2.48. The minimum atomic E-state index is -0.295. The summed E-state index contributed by atoms with van der Waals surface area (Å²) in [6, 6.07) is 15.2. The molecule has 2 aromatic carbocycles. The van der Waals surface area contributed by atoms with Gasteiger partial charge in [-0.25, -0.2) is 9.97 Å². The number of rotatable bonds is 6. The molecule has 1 heterocycles. The van der Waals surface area contributed by atoms with Gasteiger partial charge in [0.25, 0.3) is 5.91 Å². The first-order chi connectivity index (χ1) is 13.0. The van der Waals surface area contributed by atoms with E-state index in [4.69, 9.17) is 4.74 Å². The number of nitrogens with one attached hydrogen (secondary N) is 2. The summed E-state index contributed by atoms with van der Waals surface area (Å²) in [6.45, 7) is 5.89. The van der Waals surface area contributed by atoms with E-state index in [0.717, 1.165) is 11.3 Å². The zero-order valence-corrected chi connectivity index (χ0v) is 15.6. The first kappa shape index (κ1) is 18.4. The Morgan fingerprint density at radius 1 is 1.04 bits per heavy atom. The van der Waals surface area contributed by atoms with Crippen molar-refractivity contribution in [1.82, 2.24) is 9.97 Å². The van der Waals surface area contributed by atoms with Gasteiger partial charge in [-0.3, -0.25) is 4.79 Å². The molecule has 0 radical (unpaired) electrons. The second kappa shape index (κ2) is 8.31. The average Bonchev–Trinajstić information content (AvgIpc) is 2.63. The van der Waals surface area contributed by atoms with Crippen LogP contribution in [-0.4, -0.2) is 22.0 Å². The second-order valence-corrected chi connectivity index (χ2v) is 6.41. The second-order valence-electron chi connectivity index (χ2n) is 6.41. The van der Waals surface area contributed by atoms with E-state index in [1.54, 1.807) is 6.07 Å². The van der Waals surface area contributed by atoms with E-state index in [0.29, 0.717) is 22.9 Å². The van der Waals surface area contributed by atoms with Gasteiger partial charge in [0.05, 0.1) is 17.4 Å². The highest BCUT2D eigenvalue weighted by atomic mass is 16.5. The number of anilines is 3. The Hall–Kier alpha value is -3.41. The third-order valence-corrected chi connectivity index (χ3v) is 3.69. The van der Waals surface area contributed by atoms with E-state index in [1.807, 2.05) is 63.2 Å².